The standard InChI is InChI=1S/C12H15BrO2/c1-8(2)11(7-12(14)15)9-3-5-10(13)6-4-9/h3-6,8,11H,7H2,1-2H3,(H,14,15)/t11-/m0/s1. The van der Waals surface area contributed by atoms with Gasteiger partial charge in [-0.3, -0.25) is 4.79 Å². The summed E-state index contributed by atoms with van der Waals surface area (Å²) in [6, 6.07) is 7.87. The fraction of sp³-hybridized carbons (Fsp3) is 0.417. The van der Waals surface area contributed by atoms with Crippen LogP contribution in [0.25, 0.3) is 0 Å². The normalized spacial score (nSPS) is 12.8. The molecule has 1 N–H and O–H groups in total. The summed E-state index contributed by atoms with van der Waals surface area (Å²) in [5, 5.41) is 8.84. The summed E-state index contributed by atoms with van der Waals surface area (Å²) in [4.78, 5) is 10.7. The van der Waals surface area contributed by atoms with Crippen molar-refractivity contribution in [3.8, 4) is 0 Å². The highest BCUT2D eigenvalue weighted by Crippen LogP contribution is 2.28. The van der Waals surface area contributed by atoms with E-state index in [9.17, 15) is 4.79 Å². The Morgan fingerprint density at radius 2 is 1.87 bits per heavy atom. The molecule has 2 nitrogen and oxygen atoms in total. The number of carbonyl (C=O) groups is 1. The second-order valence-electron chi connectivity index (χ2n) is 4.00. The molecule has 1 aromatic carbocycles. The van der Waals surface area contributed by atoms with Crippen molar-refractivity contribution in [1.29, 1.82) is 0 Å². The van der Waals surface area contributed by atoms with Crippen LogP contribution in [0.4, 0.5) is 0 Å². The summed E-state index contributed by atoms with van der Waals surface area (Å²) in [7, 11) is 0. The van der Waals surface area contributed by atoms with Crippen molar-refractivity contribution in [2.75, 3.05) is 0 Å². The Balaban J connectivity index is 2.88. The first-order valence-corrected chi connectivity index (χ1v) is 5.77. The summed E-state index contributed by atoms with van der Waals surface area (Å²) in [5.74, 6) is -0.311. The van der Waals surface area contributed by atoms with Gasteiger partial charge >= 0.3 is 5.97 Å². The molecular formula is C12H15BrO2. The van der Waals surface area contributed by atoms with Gasteiger partial charge in [0.2, 0.25) is 0 Å². The monoisotopic (exact) mass is 270 g/mol. The lowest BCUT2D eigenvalue weighted by Gasteiger charge is -2.19. The van der Waals surface area contributed by atoms with Gasteiger partial charge in [-0.15, -0.1) is 0 Å². The van der Waals surface area contributed by atoms with Crippen molar-refractivity contribution >= 4 is 21.9 Å². The Kier molecular flexibility index (Phi) is 4.33. The van der Waals surface area contributed by atoms with Crippen LogP contribution in [0.3, 0.4) is 0 Å². The highest BCUT2D eigenvalue weighted by Gasteiger charge is 2.18. The van der Waals surface area contributed by atoms with Crippen LogP contribution in [0.2, 0.25) is 0 Å². The number of hydrogen-bond donors (Lipinski definition) is 1. The number of halogens is 1. The van der Waals surface area contributed by atoms with E-state index in [1.54, 1.807) is 0 Å². The SMILES string of the molecule is CC(C)[C@H](CC(=O)O)c1ccc(Br)cc1. The molecule has 0 aliphatic carbocycles. The smallest absolute Gasteiger partial charge is 0.303 e. The van der Waals surface area contributed by atoms with Crippen LogP contribution in [0.1, 0.15) is 31.7 Å². The van der Waals surface area contributed by atoms with Crippen LogP contribution in [-0.4, -0.2) is 11.1 Å². The minimum absolute atomic E-state index is 0.0931. The predicted molar refractivity (Wildman–Crippen MR) is 64.0 cm³/mol. The molecule has 15 heavy (non-hydrogen) atoms. The summed E-state index contributed by atoms with van der Waals surface area (Å²) in [6.45, 7) is 4.10. The minimum atomic E-state index is -0.739. The van der Waals surface area contributed by atoms with Crippen LogP contribution in [-0.2, 0) is 4.79 Å². The fourth-order valence-electron chi connectivity index (χ4n) is 1.64. The average Bonchev–Trinajstić information content (AvgIpc) is 2.15. The van der Waals surface area contributed by atoms with E-state index in [1.165, 1.54) is 0 Å². The first kappa shape index (κ1) is 12.2. The molecule has 82 valence electrons. The summed E-state index contributed by atoms with van der Waals surface area (Å²) in [5.41, 5.74) is 1.09. The number of hydrogen-bond acceptors (Lipinski definition) is 1. The number of rotatable bonds is 4. The van der Waals surface area contributed by atoms with E-state index < -0.39 is 5.97 Å². The molecule has 1 atom stereocenters. The van der Waals surface area contributed by atoms with Crippen molar-refractivity contribution in [3.63, 3.8) is 0 Å². The maximum Gasteiger partial charge on any atom is 0.303 e. The van der Waals surface area contributed by atoms with Gasteiger partial charge in [-0.25, -0.2) is 0 Å². The molecule has 0 aromatic heterocycles. The van der Waals surface area contributed by atoms with Crippen molar-refractivity contribution in [1.82, 2.24) is 0 Å². The fourth-order valence-corrected chi connectivity index (χ4v) is 1.90. The third kappa shape index (κ3) is 3.67. The predicted octanol–water partition coefficient (Wildman–Crippen LogP) is 3.66. The highest BCUT2D eigenvalue weighted by molar-refractivity contribution is 9.10. The Labute approximate surface area is 98.4 Å². The summed E-state index contributed by atoms with van der Waals surface area (Å²) in [6.07, 6.45) is 0.194. The van der Waals surface area contributed by atoms with Crippen molar-refractivity contribution < 1.29 is 9.90 Å². The van der Waals surface area contributed by atoms with Crippen molar-refractivity contribution in [3.05, 3.63) is 34.3 Å². The molecule has 0 spiro atoms. The van der Waals surface area contributed by atoms with Crippen LogP contribution in [0, 0.1) is 5.92 Å². The van der Waals surface area contributed by atoms with Crippen molar-refractivity contribution in [2.45, 2.75) is 26.2 Å². The van der Waals surface area contributed by atoms with Gasteiger partial charge in [0.05, 0.1) is 6.42 Å². The topological polar surface area (TPSA) is 37.3 Å². The summed E-state index contributed by atoms with van der Waals surface area (Å²) < 4.78 is 1.02. The zero-order valence-electron chi connectivity index (χ0n) is 8.90. The van der Waals surface area contributed by atoms with Gasteiger partial charge in [0.25, 0.3) is 0 Å². The highest BCUT2D eigenvalue weighted by atomic mass is 79.9. The van der Waals surface area contributed by atoms with Crippen LogP contribution in [0.5, 0.6) is 0 Å². The number of carboxylic acid groups (broad SMARTS) is 1. The zero-order valence-corrected chi connectivity index (χ0v) is 10.5. The van der Waals surface area contributed by atoms with Crippen LogP contribution in [0.15, 0.2) is 28.7 Å². The third-order valence-corrected chi connectivity index (χ3v) is 3.03. The lowest BCUT2D eigenvalue weighted by Crippen LogP contribution is -2.12. The maximum absolute atomic E-state index is 10.7. The number of carboxylic acids is 1. The second kappa shape index (κ2) is 5.31. The van der Waals surface area contributed by atoms with Gasteiger partial charge < -0.3 is 5.11 Å². The van der Waals surface area contributed by atoms with Crippen molar-refractivity contribution in [2.24, 2.45) is 5.92 Å². The molecule has 1 aromatic rings. The quantitative estimate of drug-likeness (QED) is 0.907. The van der Waals surface area contributed by atoms with Gasteiger partial charge in [-0.1, -0.05) is 41.9 Å². The molecule has 0 radical (unpaired) electrons. The van der Waals surface area contributed by atoms with Gasteiger partial charge in [0.1, 0.15) is 0 Å². The largest absolute Gasteiger partial charge is 0.481 e. The summed E-state index contributed by atoms with van der Waals surface area (Å²) >= 11 is 3.37. The van der Waals surface area contributed by atoms with E-state index in [-0.39, 0.29) is 12.3 Å². The Hall–Kier alpha value is -0.830. The Morgan fingerprint density at radius 1 is 1.33 bits per heavy atom. The third-order valence-electron chi connectivity index (χ3n) is 2.50. The van der Waals surface area contributed by atoms with E-state index in [1.807, 2.05) is 24.3 Å². The molecule has 0 saturated heterocycles. The van der Waals surface area contributed by atoms with Gasteiger partial charge in [-0.05, 0) is 29.5 Å². The zero-order chi connectivity index (χ0) is 11.4. The molecule has 0 aliphatic heterocycles. The Morgan fingerprint density at radius 3 is 2.27 bits per heavy atom. The Bertz CT molecular complexity index is 330. The molecular weight excluding hydrogens is 256 g/mol. The first-order chi connectivity index (χ1) is 7.00. The lowest BCUT2D eigenvalue weighted by molar-refractivity contribution is -0.137. The molecule has 0 fully saturated rings. The lowest BCUT2D eigenvalue weighted by atomic mass is 9.86. The molecule has 3 heteroatoms. The second-order valence-corrected chi connectivity index (χ2v) is 4.92. The molecule has 0 unspecified atom stereocenters. The molecule has 1 rings (SSSR count). The molecule has 0 saturated carbocycles. The van der Waals surface area contributed by atoms with Gasteiger partial charge in [0.15, 0.2) is 0 Å². The van der Waals surface area contributed by atoms with E-state index in [0.29, 0.717) is 5.92 Å². The van der Waals surface area contributed by atoms with E-state index in [0.717, 1.165) is 10.0 Å². The van der Waals surface area contributed by atoms with Crippen LogP contribution < -0.4 is 0 Å². The van der Waals surface area contributed by atoms with E-state index in [2.05, 4.69) is 29.8 Å². The minimum Gasteiger partial charge on any atom is -0.481 e. The first-order valence-electron chi connectivity index (χ1n) is 4.98. The van der Waals surface area contributed by atoms with E-state index in [4.69, 9.17) is 5.11 Å². The number of aliphatic carboxylic acids is 1. The van der Waals surface area contributed by atoms with E-state index >= 15 is 0 Å². The maximum atomic E-state index is 10.7. The average molecular weight is 271 g/mol. The van der Waals surface area contributed by atoms with Gasteiger partial charge in [-0.2, -0.15) is 0 Å². The van der Waals surface area contributed by atoms with Crippen LogP contribution >= 0.6 is 15.9 Å². The molecule has 0 amide bonds. The molecule has 0 aliphatic rings. The number of benzene rings is 1. The molecule has 0 heterocycles. The van der Waals surface area contributed by atoms with Gasteiger partial charge in [0, 0.05) is 4.47 Å². The molecule has 0 bridgehead atoms.